The zero-order valence-corrected chi connectivity index (χ0v) is 9.73. The average Bonchev–Trinajstić information content (AvgIpc) is 2.17. The SMILES string of the molecule is CC(=O)N(c1cccc(Cl)c1)[C@@H](C)C(=O)O. The summed E-state index contributed by atoms with van der Waals surface area (Å²) in [6, 6.07) is 5.61. The lowest BCUT2D eigenvalue weighted by molar-refractivity contribution is -0.139. The fraction of sp³-hybridized carbons (Fsp3) is 0.273. The van der Waals surface area contributed by atoms with Crippen LogP contribution in [0, 0.1) is 0 Å². The van der Waals surface area contributed by atoms with Crippen LogP contribution < -0.4 is 4.90 Å². The molecule has 1 aromatic rings. The standard InChI is InChI=1S/C11H12ClNO3/c1-7(11(15)16)13(8(2)14)10-5-3-4-9(12)6-10/h3-7H,1-2H3,(H,15,16)/t7-/m0/s1. The number of benzene rings is 1. The van der Waals surface area contributed by atoms with Crippen LogP contribution in [-0.2, 0) is 9.59 Å². The lowest BCUT2D eigenvalue weighted by atomic mass is 10.2. The lowest BCUT2D eigenvalue weighted by Gasteiger charge is -2.25. The highest BCUT2D eigenvalue weighted by atomic mass is 35.5. The summed E-state index contributed by atoms with van der Waals surface area (Å²) in [6.07, 6.45) is 0. The fourth-order valence-corrected chi connectivity index (χ4v) is 1.60. The Bertz CT molecular complexity index is 419. The van der Waals surface area contributed by atoms with Gasteiger partial charge < -0.3 is 5.11 Å². The molecule has 0 radical (unpaired) electrons. The minimum absolute atomic E-state index is 0.336. The highest BCUT2D eigenvalue weighted by Crippen LogP contribution is 2.21. The van der Waals surface area contributed by atoms with Gasteiger partial charge in [-0.05, 0) is 25.1 Å². The Morgan fingerprint density at radius 1 is 1.44 bits per heavy atom. The third-order valence-corrected chi connectivity index (χ3v) is 2.41. The number of halogens is 1. The third-order valence-electron chi connectivity index (χ3n) is 2.17. The van der Waals surface area contributed by atoms with Gasteiger partial charge in [0, 0.05) is 17.6 Å². The van der Waals surface area contributed by atoms with Crippen LogP contribution in [0.5, 0.6) is 0 Å². The molecule has 1 N–H and O–H groups in total. The van der Waals surface area contributed by atoms with E-state index in [2.05, 4.69) is 0 Å². The van der Waals surface area contributed by atoms with Crippen molar-refractivity contribution in [1.29, 1.82) is 0 Å². The van der Waals surface area contributed by atoms with E-state index in [0.29, 0.717) is 10.7 Å². The van der Waals surface area contributed by atoms with E-state index in [-0.39, 0.29) is 5.91 Å². The van der Waals surface area contributed by atoms with Gasteiger partial charge in [0.1, 0.15) is 6.04 Å². The van der Waals surface area contributed by atoms with Gasteiger partial charge in [0.15, 0.2) is 0 Å². The van der Waals surface area contributed by atoms with Crippen LogP contribution in [0.4, 0.5) is 5.69 Å². The number of carboxylic acids is 1. The lowest BCUT2D eigenvalue weighted by Crippen LogP contribution is -2.42. The topological polar surface area (TPSA) is 57.6 Å². The Labute approximate surface area is 98.4 Å². The summed E-state index contributed by atoms with van der Waals surface area (Å²) in [7, 11) is 0. The van der Waals surface area contributed by atoms with Crippen LogP contribution in [-0.4, -0.2) is 23.0 Å². The van der Waals surface area contributed by atoms with E-state index in [0.717, 1.165) is 0 Å². The molecule has 0 unspecified atom stereocenters. The van der Waals surface area contributed by atoms with Gasteiger partial charge in [0.2, 0.25) is 5.91 Å². The molecule has 0 fully saturated rings. The number of carbonyl (C=O) groups is 2. The molecule has 0 aliphatic rings. The van der Waals surface area contributed by atoms with Crippen LogP contribution in [0.1, 0.15) is 13.8 Å². The summed E-state index contributed by atoms with van der Waals surface area (Å²) in [6.45, 7) is 2.77. The largest absolute Gasteiger partial charge is 0.480 e. The number of nitrogens with zero attached hydrogens (tertiary/aromatic N) is 1. The van der Waals surface area contributed by atoms with Crippen molar-refractivity contribution in [3.05, 3.63) is 29.3 Å². The molecular weight excluding hydrogens is 230 g/mol. The molecule has 4 nitrogen and oxygen atoms in total. The highest BCUT2D eigenvalue weighted by Gasteiger charge is 2.24. The highest BCUT2D eigenvalue weighted by molar-refractivity contribution is 6.30. The normalized spacial score (nSPS) is 11.9. The molecule has 0 spiro atoms. The molecule has 1 rings (SSSR count). The van der Waals surface area contributed by atoms with Crippen molar-refractivity contribution in [3.63, 3.8) is 0 Å². The van der Waals surface area contributed by atoms with Crippen molar-refractivity contribution >= 4 is 29.2 Å². The second-order valence-corrected chi connectivity index (χ2v) is 3.82. The minimum Gasteiger partial charge on any atom is -0.480 e. The Morgan fingerprint density at radius 2 is 2.06 bits per heavy atom. The Morgan fingerprint density at radius 3 is 2.50 bits per heavy atom. The molecule has 16 heavy (non-hydrogen) atoms. The molecule has 86 valence electrons. The molecule has 0 saturated heterocycles. The number of anilines is 1. The first-order valence-corrected chi connectivity index (χ1v) is 5.09. The Balaban J connectivity index is 3.12. The van der Waals surface area contributed by atoms with E-state index in [1.165, 1.54) is 18.7 Å². The number of hydrogen-bond acceptors (Lipinski definition) is 2. The molecule has 0 bridgehead atoms. The molecule has 1 aromatic carbocycles. The molecule has 0 heterocycles. The van der Waals surface area contributed by atoms with Gasteiger partial charge in [-0.2, -0.15) is 0 Å². The van der Waals surface area contributed by atoms with Gasteiger partial charge in [-0.1, -0.05) is 17.7 Å². The van der Waals surface area contributed by atoms with Gasteiger partial charge in [-0.25, -0.2) is 4.79 Å². The monoisotopic (exact) mass is 241 g/mol. The van der Waals surface area contributed by atoms with E-state index in [4.69, 9.17) is 16.7 Å². The predicted molar refractivity (Wildman–Crippen MR) is 61.7 cm³/mol. The maximum atomic E-state index is 11.4. The molecule has 1 atom stereocenters. The van der Waals surface area contributed by atoms with E-state index < -0.39 is 12.0 Å². The predicted octanol–water partition coefficient (Wildman–Crippen LogP) is 2.17. The average molecular weight is 242 g/mol. The second kappa shape index (κ2) is 4.99. The Hall–Kier alpha value is -1.55. The van der Waals surface area contributed by atoms with Gasteiger partial charge in [-0.15, -0.1) is 0 Å². The summed E-state index contributed by atoms with van der Waals surface area (Å²) in [5.41, 5.74) is 0.481. The van der Waals surface area contributed by atoms with Crippen molar-refractivity contribution in [2.24, 2.45) is 0 Å². The minimum atomic E-state index is -1.06. The number of carboxylic acid groups (broad SMARTS) is 1. The molecule has 0 aliphatic carbocycles. The first kappa shape index (κ1) is 12.5. The Kier molecular flexibility index (Phi) is 3.90. The van der Waals surface area contributed by atoms with Crippen molar-refractivity contribution in [1.82, 2.24) is 0 Å². The van der Waals surface area contributed by atoms with Crippen LogP contribution in [0.15, 0.2) is 24.3 Å². The smallest absolute Gasteiger partial charge is 0.326 e. The van der Waals surface area contributed by atoms with E-state index in [9.17, 15) is 9.59 Å². The second-order valence-electron chi connectivity index (χ2n) is 3.38. The maximum absolute atomic E-state index is 11.4. The summed E-state index contributed by atoms with van der Waals surface area (Å²) >= 11 is 5.79. The summed E-state index contributed by atoms with van der Waals surface area (Å²) < 4.78 is 0. The van der Waals surface area contributed by atoms with E-state index >= 15 is 0 Å². The van der Waals surface area contributed by atoms with Crippen molar-refractivity contribution in [2.45, 2.75) is 19.9 Å². The first-order chi connectivity index (χ1) is 7.43. The first-order valence-electron chi connectivity index (χ1n) is 4.71. The number of rotatable bonds is 3. The van der Waals surface area contributed by atoms with Crippen LogP contribution in [0.3, 0.4) is 0 Å². The molecule has 0 aromatic heterocycles. The van der Waals surface area contributed by atoms with Gasteiger partial charge in [-0.3, -0.25) is 9.69 Å². The van der Waals surface area contributed by atoms with Crippen LogP contribution in [0.25, 0.3) is 0 Å². The molecule has 0 saturated carbocycles. The van der Waals surface area contributed by atoms with E-state index in [1.807, 2.05) is 0 Å². The maximum Gasteiger partial charge on any atom is 0.326 e. The molecule has 1 amide bonds. The summed E-state index contributed by atoms with van der Waals surface area (Å²) in [4.78, 5) is 23.5. The molecule has 0 aliphatic heterocycles. The number of hydrogen-bond donors (Lipinski definition) is 1. The van der Waals surface area contributed by atoms with Gasteiger partial charge in [0.05, 0.1) is 0 Å². The van der Waals surface area contributed by atoms with Gasteiger partial charge >= 0.3 is 5.97 Å². The quantitative estimate of drug-likeness (QED) is 0.882. The molecule has 5 heteroatoms. The number of carbonyl (C=O) groups excluding carboxylic acids is 1. The summed E-state index contributed by atoms with van der Waals surface area (Å²) in [5.74, 6) is -1.40. The number of amides is 1. The van der Waals surface area contributed by atoms with E-state index in [1.54, 1.807) is 24.3 Å². The van der Waals surface area contributed by atoms with Crippen LogP contribution >= 0.6 is 11.6 Å². The third kappa shape index (κ3) is 2.73. The van der Waals surface area contributed by atoms with Crippen LogP contribution in [0.2, 0.25) is 5.02 Å². The van der Waals surface area contributed by atoms with Crippen molar-refractivity contribution < 1.29 is 14.7 Å². The zero-order chi connectivity index (χ0) is 12.3. The van der Waals surface area contributed by atoms with Gasteiger partial charge in [0.25, 0.3) is 0 Å². The zero-order valence-electron chi connectivity index (χ0n) is 8.98. The fourth-order valence-electron chi connectivity index (χ4n) is 1.41. The molecular formula is C11H12ClNO3. The number of aliphatic carboxylic acids is 1. The summed E-state index contributed by atoms with van der Waals surface area (Å²) in [5, 5.41) is 9.36. The van der Waals surface area contributed by atoms with Crippen molar-refractivity contribution in [2.75, 3.05) is 4.90 Å². The van der Waals surface area contributed by atoms with Crippen molar-refractivity contribution in [3.8, 4) is 0 Å².